The maximum absolute atomic E-state index is 13.7. The first-order valence-electron chi connectivity index (χ1n) is 10.4. The SMILES string of the molecule is CCCN(CCC)CCOc1cc(NC(=O)C=Cc2cc(F)ccc2F)ccc1OC. The summed E-state index contributed by atoms with van der Waals surface area (Å²) >= 11 is 0. The number of carbonyl (C=O) groups is 1. The number of amides is 1. The predicted octanol–water partition coefficient (Wildman–Crippen LogP) is 5.13. The standard InChI is InChI=1S/C24H30F2N2O3/c1-4-12-28(13-5-2)14-15-31-23-17-20(8-10-22(23)30-3)27-24(29)11-6-18-16-19(25)7-9-21(18)26/h6-11,16-17H,4-5,12-15H2,1-3H3,(H,27,29). The van der Waals surface area contributed by atoms with Gasteiger partial charge in [0.15, 0.2) is 11.5 Å². The molecule has 168 valence electrons. The minimum Gasteiger partial charge on any atom is -0.493 e. The molecule has 0 atom stereocenters. The summed E-state index contributed by atoms with van der Waals surface area (Å²) in [6, 6.07) is 8.13. The first kappa shape index (κ1) is 24.3. The van der Waals surface area contributed by atoms with Gasteiger partial charge in [0.1, 0.15) is 18.2 Å². The number of hydrogen-bond donors (Lipinski definition) is 1. The topological polar surface area (TPSA) is 50.8 Å². The third kappa shape index (κ3) is 8.02. The van der Waals surface area contributed by atoms with E-state index in [2.05, 4.69) is 24.1 Å². The van der Waals surface area contributed by atoms with Crippen LogP contribution in [0, 0.1) is 11.6 Å². The zero-order chi connectivity index (χ0) is 22.6. The lowest BCUT2D eigenvalue weighted by molar-refractivity contribution is -0.111. The van der Waals surface area contributed by atoms with Gasteiger partial charge in [-0.2, -0.15) is 0 Å². The van der Waals surface area contributed by atoms with Gasteiger partial charge in [-0.1, -0.05) is 13.8 Å². The second kappa shape index (κ2) is 12.7. The number of ether oxygens (including phenoxy) is 2. The molecule has 2 aromatic rings. The lowest BCUT2D eigenvalue weighted by Gasteiger charge is -2.21. The monoisotopic (exact) mass is 432 g/mol. The highest BCUT2D eigenvalue weighted by atomic mass is 19.1. The van der Waals surface area contributed by atoms with Crippen LogP contribution in [0.4, 0.5) is 14.5 Å². The molecule has 7 heteroatoms. The van der Waals surface area contributed by atoms with Crippen LogP contribution in [0.3, 0.4) is 0 Å². The maximum atomic E-state index is 13.7. The van der Waals surface area contributed by atoms with E-state index in [1.165, 1.54) is 6.08 Å². The van der Waals surface area contributed by atoms with Gasteiger partial charge < -0.3 is 14.8 Å². The Morgan fingerprint density at radius 3 is 2.45 bits per heavy atom. The molecule has 0 fully saturated rings. The summed E-state index contributed by atoms with van der Waals surface area (Å²) in [5.41, 5.74) is 0.502. The Labute approximate surface area is 182 Å². The third-order valence-corrected chi connectivity index (χ3v) is 4.55. The molecule has 0 aromatic heterocycles. The number of nitrogens with one attached hydrogen (secondary N) is 1. The maximum Gasteiger partial charge on any atom is 0.248 e. The molecule has 0 spiro atoms. The fraction of sp³-hybridized carbons (Fsp3) is 0.375. The molecule has 2 aromatic carbocycles. The van der Waals surface area contributed by atoms with Gasteiger partial charge in [-0.3, -0.25) is 9.69 Å². The van der Waals surface area contributed by atoms with Crippen molar-refractivity contribution in [1.82, 2.24) is 4.90 Å². The van der Waals surface area contributed by atoms with Crippen molar-refractivity contribution in [3.8, 4) is 11.5 Å². The summed E-state index contributed by atoms with van der Waals surface area (Å²) in [4.78, 5) is 14.5. The molecule has 0 unspecified atom stereocenters. The lowest BCUT2D eigenvalue weighted by Crippen LogP contribution is -2.30. The van der Waals surface area contributed by atoms with Crippen LogP contribution in [0.15, 0.2) is 42.5 Å². The highest BCUT2D eigenvalue weighted by Gasteiger charge is 2.09. The second-order valence-corrected chi connectivity index (χ2v) is 7.04. The first-order chi connectivity index (χ1) is 15.0. The molecule has 0 radical (unpaired) electrons. The van der Waals surface area contributed by atoms with Gasteiger partial charge in [0, 0.05) is 29.9 Å². The molecule has 0 aliphatic heterocycles. The molecule has 1 amide bonds. The molecule has 0 aliphatic carbocycles. The van der Waals surface area contributed by atoms with Crippen LogP contribution in [0.2, 0.25) is 0 Å². The Kier molecular flexibility index (Phi) is 9.97. The molecule has 5 nitrogen and oxygen atoms in total. The molecule has 31 heavy (non-hydrogen) atoms. The van der Waals surface area contributed by atoms with Crippen molar-refractivity contribution < 1.29 is 23.0 Å². The lowest BCUT2D eigenvalue weighted by atomic mass is 10.2. The summed E-state index contributed by atoms with van der Waals surface area (Å²) < 4.78 is 38.2. The molecule has 0 bridgehead atoms. The zero-order valence-electron chi connectivity index (χ0n) is 18.3. The van der Waals surface area contributed by atoms with Crippen LogP contribution in [0.5, 0.6) is 11.5 Å². The van der Waals surface area contributed by atoms with E-state index in [0.717, 1.165) is 56.8 Å². The highest BCUT2D eigenvalue weighted by molar-refractivity contribution is 6.02. The predicted molar refractivity (Wildman–Crippen MR) is 120 cm³/mol. The fourth-order valence-corrected chi connectivity index (χ4v) is 3.11. The number of halogens is 2. The van der Waals surface area contributed by atoms with Crippen molar-refractivity contribution in [2.45, 2.75) is 26.7 Å². The van der Waals surface area contributed by atoms with Crippen LogP contribution in [0.1, 0.15) is 32.3 Å². The molecule has 1 N–H and O–H groups in total. The number of anilines is 1. The molecule has 0 heterocycles. The van der Waals surface area contributed by atoms with Crippen LogP contribution < -0.4 is 14.8 Å². The Hall–Kier alpha value is -2.93. The van der Waals surface area contributed by atoms with Gasteiger partial charge in [0.25, 0.3) is 0 Å². The van der Waals surface area contributed by atoms with Crippen molar-refractivity contribution in [3.05, 3.63) is 59.7 Å². The average molecular weight is 433 g/mol. The van der Waals surface area contributed by atoms with Crippen LogP contribution in [0.25, 0.3) is 6.08 Å². The molecular weight excluding hydrogens is 402 g/mol. The molecule has 2 rings (SSSR count). The number of benzene rings is 2. The van der Waals surface area contributed by atoms with Crippen LogP contribution in [-0.4, -0.2) is 44.2 Å². The van der Waals surface area contributed by atoms with Gasteiger partial charge in [-0.15, -0.1) is 0 Å². The van der Waals surface area contributed by atoms with Gasteiger partial charge >= 0.3 is 0 Å². The van der Waals surface area contributed by atoms with Crippen molar-refractivity contribution in [3.63, 3.8) is 0 Å². The number of hydrogen-bond acceptors (Lipinski definition) is 4. The summed E-state index contributed by atoms with van der Waals surface area (Å²) in [5, 5.41) is 2.69. The minimum absolute atomic E-state index is 0.00221. The fourth-order valence-electron chi connectivity index (χ4n) is 3.11. The summed E-state index contributed by atoms with van der Waals surface area (Å²) in [6.07, 6.45) is 4.54. The average Bonchev–Trinajstić information content (AvgIpc) is 2.75. The van der Waals surface area contributed by atoms with Crippen molar-refractivity contribution in [2.24, 2.45) is 0 Å². The van der Waals surface area contributed by atoms with E-state index < -0.39 is 17.5 Å². The number of carbonyl (C=O) groups excluding carboxylic acids is 1. The van der Waals surface area contributed by atoms with Crippen LogP contribution >= 0.6 is 0 Å². The largest absolute Gasteiger partial charge is 0.493 e. The van der Waals surface area contributed by atoms with E-state index in [1.54, 1.807) is 25.3 Å². The van der Waals surface area contributed by atoms with Crippen molar-refractivity contribution >= 4 is 17.7 Å². The van der Waals surface area contributed by atoms with Gasteiger partial charge in [0.05, 0.1) is 7.11 Å². The summed E-state index contributed by atoms with van der Waals surface area (Å²) in [7, 11) is 1.55. The van der Waals surface area contributed by atoms with Crippen molar-refractivity contribution in [1.29, 1.82) is 0 Å². The van der Waals surface area contributed by atoms with Gasteiger partial charge in [-0.25, -0.2) is 8.78 Å². The smallest absolute Gasteiger partial charge is 0.248 e. The highest BCUT2D eigenvalue weighted by Crippen LogP contribution is 2.30. The van der Waals surface area contributed by atoms with E-state index >= 15 is 0 Å². The molecule has 0 saturated carbocycles. The van der Waals surface area contributed by atoms with E-state index in [-0.39, 0.29) is 5.56 Å². The third-order valence-electron chi connectivity index (χ3n) is 4.55. The Bertz CT molecular complexity index is 881. The second-order valence-electron chi connectivity index (χ2n) is 7.04. The normalized spacial score (nSPS) is 11.2. The van der Waals surface area contributed by atoms with E-state index in [0.29, 0.717) is 23.8 Å². The van der Waals surface area contributed by atoms with E-state index in [9.17, 15) is 13.6 Å². The Morgan fingerprint density at radius 2 is 1.77 bits per heavy atom. The summed E-state index contributed by atoms with van der Waals surface area (Å²) in [6.45, 7) is 7.62. The number of rotatable bonds is 12. The molecular formula is C24H30F2N2O3. The molecule has 0 aliphatic rings. The quantitative estimate of drug-likeness (QED) is 0.473. The van der Waals surface area contributed by atoms with Gasteiger partial charge in [0.2, 0.25) is 5.91 Å². The Balaban J connectivity index is 2.01. The van der Waals surface area contributed by atoms with Crippen molar-refractivity contribution in [2.75, 3.05) is 38.7 Å². The zero-order valence-corrected chi connectivity index (χ0v) is 18.3. The number of nitrogens with zero attached hydrogens (tertiary/aromatic N) is 1. The summed E-state index contributed by atoms with van der Waals surface area (Å²) in [5.74, 6) is -0.571. The van der Waals surface area contributed by atoms with Gasteiger partial charge in [-0.05, 0) is 62.3 Å². The first-order valence-corrected chi connectivity index (χ1v) is 10.4. The Morgan fingerprint density at radius 1 is 1.03 bits per heavy atom. The number of methoxy groups -OCH3 is 1. The molecule has 0 saturated heterocycles. The van der Waals surface area contributed by atoms with E-state index in [1.807, 2.05) is 0 Å². The van der Waals surface area contributed by atoms with E-state index in [4.69, 9.17) is 9.47 Å². The van der Waals surface area contributed by atoms with Crippen LogP contribution in [-0.2, 0) is 4.79 Å². The minimum atomic E-state index is -0.606.